The van der Waals surface area contributed by atoms with Gasteiger partial charge in [0.05, 0.1) is 17.4 Å². The molecule has 0 aliphatic carbocycles. The number of nitrogens with zero attached hydrogens (tertiary/aromatic N) is 5. The number of nitrogens with one attached hydrogen (secondary N) is 1. The number of hydrogen-bond donors (Lipinski definition) is 1. The Labute approximate surface area is 140 Å². The van der Waals surface area contributed by atoms with Gasteiger partial charge in [-0.25, -0.2) is 0 Å². The third kappa shape index (κ3) is 3.65. The minimum Gasteiger partial charge on any atom is -0.338 e. The summed E-state index contributed by atoms with van der Waals surface area (Å²) in [4.78, 5) is 6.39. The summed E-state index contributed by atoms with van der Waals surface area (Å²) in [7, 11) is 1.91. The summed E-state index contributed by atoms with van der Waals surface area (Å²) in [6.07, 6.45) is 1.54. The van der Waals surface area contributed by atoms with Crippen LogP contribution < -0.4 is 10.2 Å². The monoisotopic (exact) mass is 316 g/mol. The predicted molar refractivity (Wildman–Crippen MR) is 92.8 cm³/mol. The molecule has 1 heterocycles. The first kappa shape index (κ1) is 15.4. The van der Waals surface area contributed by atoms with E-state index in [-0.39, 0.29) is 0 Å². The third-order valence-electron chi connectivity index (χ3n) is 3.46. The van der Waals surface area contributed by atoms with Crippen molar-refractivity contribution in [3.8, 4) is 6.07 Å². The van der Waals surface area contributed by atoms with E-state index in [4.69, 9.17) is 5.26 Å². The highest BCUT2D eigenvalue weighted by atomic mass is 15.3. The van der Waals surface area contributed by atoms with Crippen molar-refractivity contribution < 1.29 is 0 Å². The Kier molecular flexibility index (Phi) is 4.63. The summed E-state index contributed by atoms with van der Waals surface area (Å²) < 4.78 is 0. The van der Waals surface area contributed by atoms with E-state index in [2.05, 4.69) is 38.7 Å². The van der Waals surface area contributed by atoms with Crippen molar-refractivity contribution in [2.24, 2.45) is 0 Å². The van der Waals surface area contributed by atoms with Crippen LogP contribution in [0.25, 0.3) is 0 Å². The Hall–Kier alpha value is -3.46. The van der Waals surface area contributed by atoms with Gasteiger partial charge in [0.15, 0.2) is 5.82 Å². The average molecular weight is 316 g/mol. The lowest BCUT2D eigenvalue weighted by Gasteiger charge is -2.17. The molecule has 0 bridgehead atoms. The van der Waals surface area contributed by atoms with Crippen molar-refractivity contribution in [1.82, 2.24) is 15.2 Å². The van der Waals surface area contributed by atoms with Gasteiger partial charge in [-0.15, -0.1) is 5.10 Å². The molecule has 0 saturated heterocycles. The fourth-order valence-electron chi connectivity index (χ4n) is 2.27. The van der Waals surface area contributed by atoms with Gasteiger partial charge in [-0.3, -0.25) is 0 Å². The zero-order valence-corrected chi connectivity index (χ0v) is 13.2. The predicted octanol–water partition coefficient (Wildman–Crippen LogP) is 3.12. The Morgan fingerprint density at radius 3 is 2.62 bits per heavy atom. The van der Waals surface area contributed by atoms with Crippen LogP contribution in [-0.4, -0.2) is 22.2 Å². The van der Waals surface area contributed by atoms with Gasteiger partial charge in [0.2, 0.25) is 5.95 Å². The summed E-state index contributed by atoms with van der Waals surface area (Å²) in [6.45, 7) is 0.681. The first-order chi connectivity index (χ1) is 11.8. The van der Waals surface area contributed by atoms with Crippen LogP contribution in [0.3, 0.4) is 0 Å². The molecular weight excluding hydrogens is 300 g/mol. The Bertz CT molecular complexity index is 857. The lowest BCUT2D eigenvalue weighted by atomic mass is 10.2. The first-order valence-electron chi connectivity index (χ1n) is 7.47. The summed E-state index contributed by atoms with van der Waals surface area (Å²) in [5.74, 6) is 1.06. The molecular formula is C18H16N6. The van der Waals surface area contributed by atoms with Crippen LogP contribution in [-0.2, 0) is 6.54 Å². The maximum Gasteiger partial charge on any atom is 0.247 e. The molecule has 0 amide bonds. The van der Waals surface area contributed by atoms with Crippen LogP contribution in [0, 0.1) is 11.3 Å². The fraction of sp³-hybridized carbons (Fsp3) is 0.111. The van der Waals surface area contributed by atoms with Crippen LogP contribution in [0.2, 0.25) is 0 Å². The number of hydrogen-bond acceptors (Lipinski definition) is 6. The van der Waals surface area contributed by atoms with E-state index in [9.17, 15) is 0 Å². The standard InChI is InChI=1S/C18H16N6/c1-24(13-14-7-3-2-4-8-14)18-22-17(12-20-23-18)21-16-10-6-5-9-15(16)11-19/h2-10,12H,13H2,1H3,(H,21,22,23). The molecule has 3 rings (SSSR count). The molecule has 0 atom stereocenters. The molecule has 2 aromatic carbocycles. The largest absolute Gasteiger partial charge is 0.338 e. The summed E-state index contributed by atoms with van der Waals surface area (Å²) in [5.41, 5.74) is 2.41. The summed E-state index contributed by atoms with van der Waals surface area (Å²) in [5, 5.41) is 20.4. The lowest BCUT2D eigenvalue weighted by Crippen LogP contribution is -2.20. The van der Waals surface area contributed by atoms with Crippen LogP contribution in [0.1, 0.15) is 11.1 Å². The Morgan fingerprint density at radius 1 is 1.08 bits per heavy atom. The average Bonchev–Trinajstić information content (AvgIpc) is 2.63. The van der Waals surface area contributed by atoms with Crippen molar-refractivity contribution in [1.29, 1.82) is 5.26 Å². The van der Waals surface area contributed by atoms with Crippen molar-refractivity contribution in [2.75, 3.05) is 17.3 Å². The van der Waals surface area contributed by atoms with Gasteiger partial charge in [0.1, 0.15) is 6.07 Å². The maximum atomic E-state index is 9.16. The van der Waals surface area contributed by atoms with Crippen molar-refractivity contribution >= 4 is 17.5 Å². The van der Waals surface area contributed by atoms with E-state index in [1.54, 1.807) is 6.07 Å². The minimum absolute atomic E-state index is 0.512. The number of nitriles is 1. The molecule has 6 heteroatoms. The third-order valence-corrected chi connectivity index (χ3v) is 3.46. The van der Waals surface area contributed by atoms with Gasteiger partial charge in [0, 0.05) is 13.6 Å². The molecule has 0 aliphatic heterocycles. The number of rotatable bonds is 5. The highest BCUT2D eigenvalue weighted by Gasteiger charge is 2.08. The zero-order valence-electron chi connectivity index (χ0n) is 13.2. The fourth-order valence-corrected chi connectivity index (χ4v) is 2.27. The summed E-state index contributed by atoms with van der Waals surface area (Å²) in [6, 6.07) is 19.5. The van der Waals surface area contributed by atoms with Gasteiger partial charge in [-0.2, -0.15) is 15.3 Å². The van der Waals surface area contributed by atoms with E-state index in [1.807, 2.05) is 48.3 Å². The molecule has 0 radical (unpaired) electrons. The molecule has 0 saturated carbocycles. The topological polar surface area (TPSA) is 77.7 Å². The summed E-state index contributed by atoms with van der Waals surface area (Å²) >= 11 is 0. The van der Waals surface area contributed by atoms with Crippen LogP contribution in [0.4, 0.5) is 17.5 Å². The molecule has 0 spiro atoms. The van der Waals surface area contributed by atoms with Crippen LogP contribution in [0.15, 0.2) is 60.8 Å². The van der Waals surface area contributed by atoms with E-state index in [0.717, 1.165) is 5.56 Å². The van der Waals surface area contributed by atoms with Gasteiger partial charge >= 0.3 is 0 Å². The van der Waals surface area contributed by atoms with Gasteiger partial charge in [-0.05, 0) is 17.7 Å². The van der Waals surface area contributed by atoms with Gasteiger partial charge in [-0.1, -0.05) is 42.5 Å². The molecule has 6 nitrogen and oxygen atoms in total. The molecule has 0 aliphatic rings. The molecule has 3 aromatic rings. The SMILES string of the molecule is CN(Cc1ccccc1)c1nncc(Nc2ccccc2C#N)n1. The normalized spacial score (nSPS) is 10.0. The molecule has 1 N–H and O–H groups in total. The Morgan fingerprint density at radius 2 is 1.83 bits per heavy atom. The number of anilines is 3. The zero-order chi connectivity index (χ0) is 16.8. The molecule has 24 heavy (non-hydrogen) atoms. The van der Waals surface area contributed by atoms with Crippen LogP contribution >= 0.6 is 0 Å². The molecule has 0 fully saturated rings. The number of aromatic nitrogens is 3. The molecule has 0 unspecified atom stereocenters. The molecule has 118 valence electrons. The lowest BCUT2D eigenvalue weighted by molar-refractivity contribution is 0.831. The highest BCUT2D eigenvalue weighted by molar-refractivity contribution is 5.64. The number of benzene rings is 2. The van der Waals surface area contributed by atoms with Crippen molar-refractivity contribution in [3.05, 3.63) is 71.9 Å². The second-order valence-corrected chi connectivity index (χ2v) is 5.27. The van der Waals surface area contributed by atoms with Crippen molar-refractivity contribution in [2.45, 2.75) is 6.54 Å². The van der Waals surface area contributed by atoms with E-state index in [1.165, 1.54) is 6.20 Å². The second kappa shape index (κ2) is 7.20. The minimum atomic E-state index is 0.512. The van der Waals surface area contributed by atoms with Gasteiger partial charge < -0.3 is 10.2 Å². The molecule has 1 aromatic heterocycles. The highest BCUT2D eigenvalue weighted by Crippen LogP contribution is 2.19. The van der Waals surface area contributed by atoms with Gasteiger partial charge in [0.25, 0.3) is 0 Å². The first-order valence-corrected chi connectivity index (χ1v) is 7.47. The van der Waals surface area contributed by atoms with E-state index < -0.39 is 0 Å². The van der Waals surface area contributed by atoms with Crippen LogP contribution in [0.5, 0.6) is 0 Å². The van der Waals surface area contributed by atoms with Crippen molar-refractivity contribution in [3.63, 3.8) is 0 Å². The Balaban J connectivity index is 1.78. The smallest absolute Gasteiger partial charge is 0.247 e. The van der Waals surface area contributed by atoms with E-state index >= 15 is 0 Å². The second-order valence-electron chi connectivity index (χ2n) is 5.27. The maximum absolute atomic E-state index is 9.16. The number of para-hydroxylation sites is 1. The quantitative estimate of drug-likeness (QED) is 0.779. The van der Waals surface area contributed by atoms with E-state index in [0.29, 0.717) is 29.6 Å².